The maximum Gasteiger partial charge on any atom is 0.511 e. The standard InChI is InChI=1S/C11H19N3O7/c1-11(2,3)20-10(17)18-7-19-14-13(21-14)12-6-4-5-8(12)9(15)16/h8H,4-7H2,1-3H3,(H,15,16). The number of rotatable bonds is 5. The molecule has 0 spiro atoms. The summed E-state index contributed by atoms with van der Waals surface area (Å²) in [7, 11) is 0. The molecule has 1 aromatic heterocycles. The minimum absolute atomic E-state index is 0.406. The fourth-order valence-corrected chi connectivity index (χ4v) is 1.87. The Labute approximate surface area is 120 Å². The summed E-state index contributed by atoms with van der Waals surface area (Å²) in [6, 6.07) is -0.648. The predicted octanol–water partition coefficient (Wildman–Crippen LogP) is 0.405. The summed E-state index contributed by atoms with van der Waals surface area (Å²) in [4.78, 5) is 28.4. The van der Waals surface area contributed by atoms with E-state index in [-0.39, 0.29) is 0 Å². The quantitative estimate of drug-likeness (QED) is 0.615. The lowest BCUT2D eigenvalue weighted by Gasteiger charge is -2.18. The number of aromatic nitrogens is 2. The Kier molecular flexibility index (Phi) is 4.05. The van der Waals surface area contributed by atoms with Gasteiger partial charge in [-0.25, -0.2) is 14.6 Å². The van der Waals surface area contributed by atoms with Crippen LogP contribution in [0.1, 0.15) is 33.6 Å². The minimum Gasteiger partial charge on any atom is -0.480 e. The van der Waals surface area contributed by atoms with Crippen LogP contribution in [0.25, 0.3) is 0 Å². The van der Waals surface area contributed by atoms with Crippen LogP contribution in [-0.2, 0) is 14.3 Å². The fraction of sp³-hybridized carbons (Fsp3) is 0.818. The second-order valence-corrected chi connectivity index (χ2v) is 5.59. The molecule has 10 nitrogen and oxygen atoms in total. The number of carboxylic acid groups (broad SMARTS) is 1. The first-order chi connectivity index (χ1) is 9.78. The first-order valence-corrected chi connectivity index (χ1v) is 6.54. The highest BCUT2D eigenvalue weighted by atomic mass is 17.0. The normalized spacial score (nSPS) is 18.8. The van der Waals surface area contributed by atoms with E-state index in [1.54, 1.807) is 20.8 Å². The smallest absolute Gasteiger partial charge is 0.480 e. The van der Waals surface area contributed by atoms with E-state index in [1.807, 2.05) is 0 Å². The van der Waals surface area contributed by atoms with Crippen molar-refractivity contribution >= 4 is 12.1 Å². The molecule has 1 aliphatic rings. The van der Waals surface area contributed by atoms with Crippen LogP contribution < -0.4 is 9.85 Å². The molecule has 2 heterocycles. The Morgan fingerprint density at radius 3 is 2.71 bits per heavy atom. The van der Waals surface area contributed by atoms with Gasteiger partial charge in [0.1, 0.15) is 16.7 Å². The van der Waals surface area contributed by atoms with Crippen LogP contribution in [0.4, 0.5) is 4.79 Å². The molecular formula is C11H19N3O7. The van der Waals surface area contributed by atoms with E-state index in [1.165, 1.54) is 9.97 Å². The number of ether oxygens (including phenoxy) is 2. The van der Waals surface area contributed by atoms with Crippen LogP contribution in [0.2, 0.25) is 0 Å². The van der Waals surface area contributed by atoms with Crippen molar-refractivity contribution in [3.63, 3.8) is 0 Å². The van der Waals surface area contributed by atoms with Gasteiger partial charge in [0, 0.05) is 6.54 Å². The number of nitrogens with zero attached hydrogens (tertiary/aromatic N) is 3. The van der Waals surface area contributed by atoms with E-state index < -0.39 is 30.6 Å². The molecule has 1 atom stereocenters. The van der Waals surface area contributed by atoms with E-state index in [0.717, 1.165) is 11.4 Å². The van der Waals surface area contributed by atoms with Gasteiger partial charge in [0.25, 0.3) is 6.79 Å². The van der Waals surface area contributed by atoms with Crippen LogP contribution in [0.15, 0.2) is 4.63 Å². The number of carbonyl (C=O) groups excluding carboxylic acids is 1. The van der Waals surface area contributed by atoms with Gasteiger partial charge in [-0.1, -0.05) is 0 Å². The van der Waals surface area contributed by atoms with Crippen LogP contribution in [-0.4, -0.2) is 52.2 Å². The maximum atomic E-state index is 11.3. The van der Waals surface area contributed by atoms with Crippen molar-refractivity contribution in [1.82, 2.24) is 9.98 Å². The number of hydrogen-bond acceptors (Lipinski definition) is 7. The zero-order valence-electron chi connectivity index (χ0n) is 12.1. The average molecular weight is 305 g/mol. The third kappa shape index (κ3) is 4.10. The van der Waals surface area contributed by atoms with Crippen LogP contribution >= 0.6 is 0 Å². The van der Waals surface area contributed by atoms with E-state index in [9.17, 15) is 9.59 Å². The van der Waals surface area contributed by atoms with E-state index in [2.05, 4.69) is 4.74 Å². The minimum atomic E-state index is -0.923. The lowest BCUT2D eigenvalue weighted by molar-refractivity contribution is -0.138. The van der Waals surface area contributed by atoms with Gasteiger partial charge in [-0.15, -0.1) is 0 Å². The Morgan fingerprint density at radius 2 is 2.10 bits per heavy atom. The topological polar surface area (TPSA) is 108 Å². The molecule has 1 fully saturated rings. The maximum absolute atomic E-state index is 11.3. The summed E-state index contributed by atoms with van der Waals surface area (Å²) in [5.74, 6) is -0.923. The van der Waals surface area contributed by atoms with Crippen LogP contribution in [0.5, 0.6) is 0 Å². The number of carbonyl (C=O) groups is 2. The summed E-state index contributed by atoms with van der Waals surface area (Å²) >= 11 is 0. The third-order valence-electron chi connectivity index (χ3n) is 2.72. The zero-order valence-corrected chi connectivity index (χ0v) is 12.1. The number of aliphatic carboxylic acids is 1. The molecule has 0 amide bonds. The Bertz CT molecular complexity index is 495. The van der Waals surface area contributed by atoms with Crippen molar-refractivity contribution in [2.75, 3.05) is 18.3 Å². The average Bonchev–Trinajstić information content (AvgIpc) is 2.92. The molecule has 120 valence electrons. The van der Waals surface area contributed by atoms with Gasteiger partial charge in [-0.3, -0.25) is 0 Å². The van der Waals surface area contributed by atoms with Crippen molar-refractivity contribution < 1.29 is 33.6 Å². The van der Waals surface area contributed by atoms with Gasteiger partial charge < -0.3 is 19.4 Å². The van der Waals surface area contributed by atoms with Crippen molar-refractivity contribution in [3.8, 4) is 0 Å². The Hall–Kier alpha value is -2.26. The van der Waals surface area contributed by atoms with Gasteiger partial charge in [0.2, 0.25) is 0 Å². The Balaban J connectivity index is 1.73. The van der Waals surface area contributed by atoms with Crippen molar-refractivity contribution in [2.24, 2.45) is 0 Å². The molecule has 0 saturated carbocycles. The van der Waals surface area contributed by atoms with Crippen LogP contribution in [0.3, 0.4) is 0 Å². The van der Waals surface area contributed by atoms with E-state index in [4.69, 9.17) is 19.3 Å². The third-order valence-corrected chi connectivity index (χ3v) is 2.72. The first kappa shape index (κ1) is 15.1. The molecule has 0 radical (unpaired) electrons. The lowest BCUT2D eigenvalue weighted by Crippen LogP contribution is -2.42. The number of carboxylic acids is 1. The second-order valence-electron chi connectivity index (χ2n) is 5.59. The summed E-state index contributed by atoms with van der Waals surface area (Å²) in [6.07, 6.45) is 0.428. The molecule has 1 N–H and O–H groups in total. The van der Waals surface area contributed by atoms with Crippen molar-refractivity contribution in [1.29, 1.82) is 0 Å². The molecule has 1 saturated heterocycles. The van der Waals surface area contributed by atoms with Crippen LogP contribution in [0, 0.1) is 0 Å². The lowest BCUT2D eigenvalue weighted by atomic mass is 10.2. The molecular weight excluding hydrogens is 286 g/mol. The molecule has 0 aromatic carbocycles. The number of hydrogen-bond donors (Lipinski definition) is 1. The van der Waals surface area contributed by atoms with Gasteiger partial charge >= 0.3 is 12.1 Å². The molecule has 10 heteroatoms. The summed E-state index contributed by atoms with van der Waals surface area (Å²) in [5.41, 5.74) is -0.649. The van der Waals surface area contributed by atoms with Gasteiger partial charge in [-0.05, 0) is 33.6 Å². The highest BCUT2D eigenvalue weighted by Crippen LogP contribution is 2.17. The van der Waals surface area contributed by atoms with E-state index in [0.29, 0.717) is 13.0 Å². The summed E-state index contributed by atoms with van der Waals surface area (Å²) < 4.78 is 14.5. The predicted molar refractivity (Wildman–Crippen MR) is 67.2 cm³/mol. The van der Waals surface area contributed by atoms with E-state index >= 15 is 0 Å². The van der Waals surface area contributed by atoms with Gasteiger partial charge in [-0.2, -0.15) is 4.63 Å². The van der Waals surface area contributed by atoms with Crippen molar-refractivity contribution in [2.45, 2.75) is 45.3 Å². The molecule has 21 heavy (non-hydrogen) atoms. The van der Waals surface area contributed by atoms with Gasteiger partial charge in [0.15, 0.2) is 0 Å². The largest absolute Gasteiger partial charge is 0.511 e. The molecule has 1 aliphatic heterocycles. The molecule has 1 unspecified atom stereocenters. The highest BCUT2D eigenvalue weighted by molar-refractivity contribution is 5.75. The molecule has 2 rings (SSSR count). The highest BCUT2D eigenvalue weighted by Gasteiger charge is 2.36. The monoisotopic (exact) mass is 305 g/mol. The SMILES string of the molecule is CC(C)(C)OC(=O)OCOn1on1N1CCCC1C(=O)O. The summed E-state index contributed by atoms with van der Waals surface area (Å²) in [6.45, 7) is 5.28. The summed E-state index contributed by atoms with van der Waals surface area (Å²) in [5, 5.41) is 11.5. The first-order valence-electron chi connectivity index (χ1n) is 6.54. The molecule has 0 aliphatic carbocycles. The molecule has 1 aromatic rings. The second kappa shape index (κ2) is 5.62. The van der Waals surface area contributed by atoms with Gasteiger partial charge in [0.05, 0.1) is 4.96 Å². The van der Waals surface area contributed by atoms with Crippen molar-refractivity contribution in [3.05, 3.63) is 0 Å². The fourth-order valence-electron chi connectivity index (χ4n) is 1.87. The Morgan fingerprint density at radius 1 is 1.38 bits per heavy atom. The molecule has 0 bridgehead atoms. The zero-order chi connectivity index (χ0) is 15.6.